The molecule has 7 heteroatoms. The summed E-state index contributed by atoms with van der Waals surface area (Å²) >= 11 is 0. The summed E-state index contributed by atoms with van der Waals surface area (Å²) in [5.74, 6) is -0.866. The van der Waals surface area contributed by atoms with Gasteiger partial charge < -0.3 is 15.1 Å². The first-order chi connectivity index (χ1) is 12.0. The van der Waals surface area contributed by atoms with Gasteiger partial charge in [-0.05, 0) is 48.9 Å². The Hall–Kier alpha value is -3.48. The molecule has 0 aliphatic heterocycles. The van der Waals surface area contributed by atoms with E-state index in [1.165, 1.54) is 36.7 Å². The van der Waals surface area contributed by atoms with Crippen LogP contribution < -0.4 is 10.6 Å². The van der Waals surface area contributed by atoms with Gasteiger partial charge in [-0.15, -0.1) is 0 Å². The lowest BCUT2D eigenvalue weighted by Gasteiger charge is -2.10. The Kier molecular flexibility index (Phi) is 4.56. The molecule has 0 fully saturated rings. The van der Waals surface area contributed by atoms with Crippen molar-refractivity contribution in [2.75, 3.05) is 10.6 Å². The summed E-state index contributed by atoms with van der Waals surface area (Å²) in [6.45, 7) is 1.76. The van der Waals surface area contributed by atoms with E-state index in [0.717, 1.165) is 6.07 Å². The summed E-state index contributed by atoms with van der Waals surface area (Å²) in [7, 11) is 0. The molecule has 0 aliphatic carbocycles. The van der Waals surface area contributed by atoms with Crippen molar-refractivity contribution in [2.45, 2.75) is 6.92 Å². The molecule has 1 aromatic carbocycles. The first-order valence-electron chi connectivity index (χ1n) is 7.41. The highest BCUT2D eigenvalue weighted by Crippen LogP contribution is 2.18. The zero-order valence-electron chi connectivity index (χ0n) is 13.2. The third kappa shape index (κ3) is 3.89. The lowest BCUT2D eigenvalue weighted by Crippen LogP contribution is -2.15. The summed E-state index contributed by atoms with van der Waals surface area (Å²) in [5, 5.41) is 5.26. The van der Waals surface area contributed by atoms with Crippen molar-refractivity contribution in [1.29, 1.82) is 0 Å². The summed E-state index contributed by atoms with van der Waals surface area (Å²) in [6.07, 6.45) is 2.82. The van der Waals surface area contributed by atoms with Gasteiger partial charge in [-0.3, -0.25) is 9.59 Å². The molecule has 2 amide bonds. The van der Waals surface area contributed by atoms with Crippen LogP contribution >= 0.6 is 0 Å². The van der Waals surface area contributed by atoms with Gasteiger partial charge >= 0.3 is 0 Å². The van der Waals surface area contributed by atoms with Crippen LogP contribution in [0.25, 0.3) is 0 Å². The summed E-state index contributed by atoms with van der Waals surface area (Å²) in [6, 6.07) is 10.1. The predicted molar refractivity (Wildman–Crippen MR) is 90.0 cm³/mol. The van der Waals surface area contributed by atoms with Crippen LogP contribution in [0.2, 0.25) is 0 Å². The van der Waals surface area contributed by atoms with E-state index in [4.69, 9.17) is 4.42 Å². The molecule has 0 spiro atoms. The Balaban J connectivity index is 1.71. The van der Waals surface area contributed by atoms with Gasteiger partial charge in [0.05, 0.1) is 18.1 Å². The number of pyridine rings is 1. The van der Waals surface area contributed by atoms with E-state index in [2.05, 4.69) is 15.6 Å². The molecule has 0 unspecified atom stereocenters. The number of furan rings is 1. The van der Waals surface area contributed by atoms with E-state index in [-0.39, 0.29) is 11.3 Å². The summed E-state index contributed by atoms with van der Waals surface area (Å²) in [4.78, 5) is 28.2. The molecule has 0 atom stereocenters. The second-order valence-corrected chi connectivity index (χ2v) is 5.28. The van der Waals surface area contributed by atoms with Crippen molar-refractivity contribution in [1.82, 2.24) is 4.98 Å². The molecule has 3 aromatic rings. The maximum absolute atomic E-state index is 13.2. The number of nitrogens with zero attached hydrogens (tertiary/aromatic N) is 1. The number of aryl methyl sites for hydroxylation is 1. The van der Waals surface area contributed by atoms with Crippen molar-refractivity contribution >= 4 is 23.3 Å². The van der Waals surface area contributed by atoms with Crippen molar-refractivity contribution in [3.63, 3.8) is 0 Å². The van der Waals surface area contributed by atoms with Crippen LogP contribution in [-0.2, 0) is 0 Å². The largest absolute Gasteiger partial charge is 0.459 e. The highest BCUT2D eigenvalue weighted by atomic mass is 19.1. The molecule has 0 saturated heterocycles. The number of benzene rings is 1. The number of hydrogen-bond donors (Lipinski definition) is 2. The fourth-order valence-electron chi connectivity index (χ4n) is 2.17. The van der Waals surface area contributed by atoms with Crippen LogP contribution in [0.5, 0.6) is 0 Å². The molecular weight excluding hydrogens is 325 g/mol. The number of nitrogens with one attached hydrogen (secondary N) is 2. The number of carbonyl (C=O) groups excluding carboxylic acids is 2. The highest BCUT2D eigenvalue weighted by Gasteiger charge is 2.12. The first-order valence-corrected chi connectivity index (χ1v) is 7.41. The average Bonchev–Trinajstić information content (AvgIpc) is 3.12. The average molecular weight is 339 g/mol. The van der Waals surface area contributed by atoms with Crippen molar-refractivity contribution in [2.24, 2.45) is 0 Å². The number of carbonyl (C=O) groups is 2. The number of anilines is 2. The number of rotatable bonds is 4. The lowest BCUT2D eigenvalue weighted by molar-refractivity contribution is 0.0994. The highest BCUT2D eigenvalue weighted by molar-refractivity contribution is 6.05. The molecule has 6 nitrogen and oxygen atoms in total. The molecule has 0 radical (unpaired) electrons. The number of amides is 2. The zero-order chi connectivity index (χ0) is 17.8. The van der Waals surface area contributed by atoms with Crippen molar-refractivity contribution in [3.8, 4) is 0 Å². The summed E-state index contributed by atoms with van der Waals surface area (Å²) < 4.78 is 18.2. The molecule has 2 heterocycles. The van der Waals surface area contributed by atoms with Crippen molar-refractivity contribution < 1.29 is 18.4 Å². The Morgan fingerprint density at radius 2 is 1.92 bits per heavy atom. The quantitative estimate of drug-likeness (QED) is 0.760. The Bertz CT molecular complexity index is 923. The standard InChI is InChI=1S/C18H14FN3O3/c1-11-8-16(22-18(24)15-6-3-7-25-15)20-10-14(11)21-17(23)12-4-2-5-13(19)9-12/h2-10H,1H3,(H,21,23)(H,20,22,24). The third-order valence-electron chi connectivity index (χ3n) is 3.43. The molecule has 2 N–H and O–H groups in total. The predicted octanol–water partition coefficient (Wildman–Crippen LogP) is 3.63. The van der Waals surface area contributed by atoms with E-state index in [0.29, 0.717) is 17.1 Å². The van der Waals surface area contributed by atoms with Gasteiger partial charge in [0.25, 0.3) is 11.8 Å². The second kappa shape index (κ2) is 6.96. The van der Waals surface area contributed by atoms with Gasteiger partial charge in [-0.1, -0.05) is 6.07 Å². The van der Waals surface area contributed by atoms with Gasteiger partial charge in [0.15, 0.2) is 5.76 Å². The first kappa shape index (κ1) is 16.4. The van der Waals surface area contributed by atoms with Crippen LogP contribution in [0, 0.1) is 12.7 Å². The molecule has 3 rings (SSSR count). The minimum absolute atomic E-state index is 0.169. The number of hydrogen-bond acceptors (Lipinski definition) is 4. The molecule has 0 aliphatic rings. The van der Waals surface area contributed by atoms with Crippen LogP contribution in [0.15, 0.2) is 59.3 Å². The monoisotopic (exact) mass is 339 g/mol. The number of halogens is 1. The normalized spacial score (nSPS) is 10.3. The molecule has 2 aromatic heterocycles. The fraction of sp³-hybridized carbons (Fsp3) is 0.0556. The Morgan fingerprint density at radius 3 is 2.60 bits per heavy atom. The van der Waals surface area contributed by atoms with Gasteiger partial charge in [0.1, 0.15) is 11.6 Å². The minimum Gasteiger partial charge on any atom is -0.459 e. The maximum Gasteiger partial charge on any atom is 0.292 e. The van der Waals surface area contributed by atoms with E-state index < -0.39 is 17.6 Å². The minimum atomic E-state index is -0.488. The topological polar surface area (TPSA) is 84.2 Å². The number of aromatic nitrogens is 1. The Morgan fingerprint density at radius 1 is 1.08 bits per heavy atom. The molecule has 0 bridgehead atoms. The molecule has 25 heavy (non-hydrogen) atoms. The van der Waals surface area contributed by atoms with E-state index >= 15 is 0 Å². The lowest BCUT2D eigenvalue weighted by atomic mass is 10.2. The van der Waals surface area contributed by atoms with Gasteiger partial charge in [-0.2, -0.15) is 0 Å². The van der Waals surface area contributed by atoms with E-state index in [1.54, 1.807) is 19.1 Å². The third-order valence-corrected chi connectivity index (χ3v) is 3.43. The van der Waals surface area contributed by atoms with E-state index in [9.17, 15) is 14.0 Å². The molecule has 126 valence electrons. The van der Waals surface area contributed by atoms with Gasteiger partial charge in [-0.25, -0.2) is 9.37 Å². The van der Waals surface area contributed by atoms with Crippen molar-refractivity contribution in [3.05, 3.63) is 77.6 Å². The molecule has 0 saturated carbocycles. The van der Waals surface area contributed by atoms with Gasteiger partial charge in [0.2, 0.25) is 0 Å². The SMILES string of the molecule is Cc1cc(NC(=O)c2ccco2)ncc1NC(=O)c1cccc(F)c1. The summed E-state index contributed by atoms with van der Waals surface area (Å²) in [5.41, 5.74) is 1.36. The Labute approximate surface area is 142 Å². The second-order valence-electron chi connectivity index (χ2n) is 5.28. The zero-order valence-corrected chi connectivity index (χ0v) is 13.2. The van der Waals surface area contributed by atoms with Crippen LogP contribution in [0.4, 0.5) is 15.9 Å². The van der Waals surface area contributed by atoms with Crippen LogP contribution in [0.3, 0.4) is 0 Å². The fourth-order valence-corrected chi connectivity index (χ4v) is 2.17. The smallest absolute Gasteiger partial charge is 0.292 e. The maximum atomic E-state index is 13.2. The van der Waals surface area contributed by atoms with Crippen LogP contribution in [0.1, 0.15) is 26.5 Å². The van der Waals surface area contributed by atoms with E-state index in [1.807, 2.05) is 0 Å². The van der Waals surface area contributed by atoms with Crippen LogP contribution in [-0.4, -0.2) is 16.8 Å². The molecular formula is C18H14FN3O3. The van der Waals surface area contributed by atoms with Gasteiger partial charge in [0, 0.05) is 5.56 Å².